The second kappa shape index (κ2) is 8.26. The molecular formula is C23H26N8O. The van der Waals surface area contributed by atoms with E-state index in [0.717, 1.165) is 28.3 Å². The van der Waals surface area contributed by atoms with Gasteiger partial charge in [0.15, 0.2) is 11.6 Å². The molecule has 0 unspecified atom stereocenters. The fourth-order valence-corrected chi connectivity index (χ4v) is 3.53. The predicted molar refractivity (Wildman–Crippen MR) is 124 cm³/mol. The molecule has 0 saturated heterocycles. The molecule has 4 aromatic rings. The van der Waals surface area contributed by atoms with E-state index in [1.807, 2.05) is 78.1 Å². The van der Waals surface area contributed by atoms with Crippen LogP contribution in [0, 0.1) is 34.6 Å². The van der Waals surface area contributed by atoms with Gasteiger partial charge in [-0.3, -0.25) is 9.48 Å². The molecule has 0 aliphatic carbocycles. The van der Waals surface area contributed by atoms with E-state index in [2.05, 4.69) is 31.0 Å². The Bertz CT molecular complexity index is 1280. The van der Waals surface area contributed by atoms with Crippen LogP contribution in [0.4, 0.5) is 17.2 Å². The number of rotatable bonds is 5. The Labute approximate surface area is 186 Å². The molecular weight excluding hydrogens is 404 g/mol. The van der Waals surface area contributed by atoms with Crippen LogP contribution in [0.3, 0.4) is 0 Å². The third-order valence-electron chi connectivity index (χ3n) is 5.67. The van der Waals surface area contributed by atoms with Gasteiger partial charge in [-0.1, -0.05) is 0 Å². The van der Waals surface area contributed by atoms with Gasteiger partial charge in [0.25, 0.3) is 5.91 Å². The third kappa shape index (κ3) is 3.96. The standard InChI is InChI=1S/C23H26N8O/c1-13-14(2)29-31(16(13)4)21-12-11-20(26-27-21)24-18-7-9-19(10-8-18)25-23(32)22-15(3)28-30(6)17(22)5/h7-12H,1-6H3,(H,24,26)(H,25,32). The van der Waals surface area contributed by atoms with Crippen molar-refractivity contribution in [3.63, 3.8) is 0 Å². The first-order valence-electron chi connectivity index (χ1n) is 10.3. The lowest BCUT2D eigenvalue weighted by Crippen LogP contribution is -2.14. The number of carbonyl (C=O) groups is 1. The van der Waals surface area contributed by atoms with E-state index in [-0.39, 0.29) is 5.91 Å². The highest BCUT2D eigenvalue weighted by Gasteiger charge is 2.17. The van der Waals surface area contributed by atoms with Crippen molar-refractivity contribution in [1.82, 2.24) is 29.8 Å². The van der Waals surface area contributed by atoms with Crippen molar-refractivity contribution in [2.75, 3.05) is 10.6 Å². The number of anilines is 3. The second-order valence-corrected chi connectivity index (χ2v) is 7.81. The molecule has 0 spiro atoms. The molecule has 3 aromatic heterocycles. The van der Waals surface area contributed by atoms with Crippen LogP contribution in [0.2, 0.25) is 0 Å². The Hall–Kier alpha value is -4.01. The first-order valence-corrected chi connectivity index (χ1v) is 10.3. The molecule has 0 atom stereocenters. The summed E-state index contributed by atoms with van der Waals surface area (Å²) in [6, 6.07) is 11.2. The lowest BCUT2D eigenvalue weighted by Gasteiger charge is -2.09. The molecule has 0 bridgehead atoms. The molecule has 1 amide bonds. The summed E-state index contributed by atoms with van der Waals surface area (Å²) in [6.07, 6.45) is 0. The van der Waals surface area contributed by atoms with Gasteiger partial charge in [-0.2, -0.15) is 10.2 Å². The number of aryl methyl sites for hydroxylation is 3. The van der Waals surface area contributed by atoms with Crippen LogP contribution in [0.1, 0.15) is 38.7 Å². The molecule has 0 aliphatic heterocycles. The van der Waals surface area contributed by atoms with E-state index in [9.17, 15) is 4.79 Å². The van der Waals surface area contributed by atoms with Gasteiger partial charge >= 0.3 is 0 Å². The highest BCUT2D eigenvalue weighted by atomic mass is 16.1. The molecule has 4 rings (SSSR count). The molecule has 3 heterocycles. The monoisotopic (exact) mass is 430 g/mol. The summed E-state index contributed by atoms with van der Waals surface area (Å²) in [7, 11) is 1.83. The number of aromatic nitrogens is 6. The summed E-state index contributed by atoms with van der Waals surface area (Å²) in [5.41, 5.74) is 6.84. The average Bonchev–Trinajstić information content (AvgIpc) is 3.18. The Morgan fingerprint density at radius 2 is 1.50 bits per heavy atom. The average molecular weight is 431 g/mol. The topological polar surface area (TPSA) is 103 Å². The maximum Gasteiger partial charge on any atom is 0.259 e. The van der Waals surface area contributed by atoms with Crippen LogP contribution in [0.15, 0.2) is 36.4 Å². The van der Waals surface area contributed by atoms with Gasteiger partial charge in [0.2, 0.25) is 0 Å². The molecule has 0 saturated carbocycles. The van der Waals surface area contributed by atoms with Crippen LogP contribution in [0.25, 0.3) is 5.82 Å². The van der Waals surface area contributed by atoms with Gasteiger partial charge in [0, 0.05) is 29.8 Å². The van der Waals surface area contributed by atoms with E-state index in [4.69, 9.17) is 0 Å². The van der Waals surface area contributed by atoms with Gasteiger partial charge < -0.3 is 10.6 Å². The minimum atomic E-state index is -0.172. The van der Waals surface area contributed by atoms with Crippen molar-refractivity contribution in [3.05, 3.63) is 70.3 Å². The van der Waals surface area contributed by atoms with E-state index >= 15 is 0 Å². The number of carbonyl (C=O) groups excluding carboxylic acids is 1. The Kier molecular flexibility index (Phi) is 5.48. The number of nitrogens with one attached hydrogen (secondary N) is 2. The Morgan fingerprint density at radius 3 is 2.03 bits per heavy atom. The smallest absolute Gasteiger partial charge is 0.259 e. The Balaban J connectivity index is 1.43. The number of hydrogen-bond acceptors (Lipinski definition) is 6. The summed E-state index contributed by atoms with van der Waals surface area (Å²) in [4.78, 5) is 12.6. The summed E-state index contributed by atoms with van der Waals surface area (Å²) >= 11 is 0. The van der Waals surface area contributed by atoms with Gasteiger partial charge in [-0.05, 0) is 76.6 Å². The van der Waals surface area contributed by atoms with E-state index < -0.39 is 0 Å². The molecule has 9 nitrogen and oxygen atoms in total. The third-order valence-corrected chi connectivity index (χ3v) is 5.67. The summed E-state index contributed by atoms with van der Waals surface area (Å²) in [5, 5.41) is 23.5. The SMILES string of the molecule is Cc1nn(-c2ccc(Nc3ccc(NC(=O)c4c(C)nn(C)c4C)cc3)nn2)c(C)c1C. The first-order chi connectivity index (χ1) is 15.2. The summed E-state index contributed by atoms with van der Waals surface area (Å²) < 4.78 is 3.50. The van der Waals surface area contributed by atoms with Crippen molar-refractivity contribution in [3.8, 4) is 5.82 Å². The van der Waals surface area contributed by atoms with E-state index in [0.29, 0.717) is 28.6 Å². The zero-order chi connectivity index (χ0) is 23.0. The highest BCUT2D eigenvalue weighted by molar-refractivity contribution is 6.05. The summed E-state index contributed by atoms with van der Waals surface area (Å²) in [6.45, 7) is 9.75. The van der Waals surface area contributed by atoms with Gasteiger partial charge in [-0.25, -0.2) is 4.68 Å². The van der Waals surface area contributed by atoms with Crippen molar-refractivity contribution in [2.45, 2.75) is 34.6 Å². The van der Waals surface area contributed by atoms with Crippen LogP contribution >= 0.6 is 0 Å². The quantitative estimate of drug-likeness (QED) is 0.497. The number of hydrogen-bond donors (Lipinski definition) is 2. The molecule has 1 aromatic carbocycles. The van der Waals surface area contributed by atoms with Crippen molar-refractivity contribution in [2.24, 2.45) is 7.05 Å². The molecule has 0 aliphatic rings. The molecule has 2 N–H and O–H groups in total. The molecule has 9 heteroatoms. The zero-order valence-corrected chi connectivity index (χ0v) is 19.1. The molecule has 0 fully saturated rings. The minimum Gasteiger partial charge on any atom is -0.339 e. The first kappa shape index (κ1) is 21.2. The second-order valence-electron chi connectivity index (χ2n) is 7.81. The lowest BCUT2D eigenvalue weighted by molar-refractivity contribution is 0.102. The number of benzene rings is 1. The molecule has 0 radical (unpaired) electrons. The molecule has 32 heavy (non-hydrogen) atoms. The van der Waals surface area contributed by atoms with Crippen molar-refractivity contribution in [1.29, 1.82) is 0 Å². The fourth-order valence-electron chi connectivity index (χ4n) is 3.53. The van der Waals surface area contributed by atoms with Crippen LogP contribution in [-0.4, -0.2) is 35.7 Å². The highest BCUT2D eigenvalue weighted by Crippen LogP contribution is 2.20. The van der Waals surface area contributed by atoms with Crippen LogP contribution in [0.5, 0.6) is 0 Å². The van der Waals surface area contributed by atoms with E-state index in [1.54, 1.807) is 9.36 Å². The van der Waals surface area contributed by atoms with Crippen molar-refractivity contribution < 1.29 is 4.79 Å². The minimum absolute atomic E-state index is 0.172. The van der Waals surface area contributed by atoms with Gasteiger partial charge in [-0.15, -0.1) is 10.2 Å². The number of amides is 1. The lowest BCUT2D eigenvalue weighted by atomic mass is 10.1. The normalized spacial score (nSPS) is 10.9. The largest absolute Gasteiger partial charge is 0.339 e. The van der Waals surface area contributed by atoms with Crippen LogP contribution in [-0.2, 0) is 7.05 Å². The predicted octanol–water partition coefficient (Wildman–Crippen LogP) is 3.93. The maximum absolute atomic E-state index is 12.6. The van der Waals surface area contributed by atoms with Crippen LogP contribution < -0.4 is 10.6 Å². The summed E-state index contributed by atoms with van der Waals surface area (Å²) in [5.74, 6) is 1.11. The zero-order valence-electron chi connectivity index (χ0n) is 19.1. The number of nitrogens with zero attached hydrogens (tertiary/aromatic N) is 6. The maximum atomic E-state index is 12.6. The van der Waals surface area contributed by atoms with Crippen molar-refractivity contribution >= 4 is 23.1 Å². The van der Waals surface area contributed by atoms with Gasteiger partial charge in [0.1, 0.15) is 0 Å². The van der Waals surface area contributed by atoms with Gasteiger partial charge in [0.05, 0.1) is 17.0 Å². The molecule has 164 valence electrons. The fraction of sp³-hybridized carbons (Fsp3) is 0.261. The Morgan fingerprint density at radius 1 is 0.812 bits per heavy atom. The van der Waals surface area contributed by atoms with E-state index in [1.165, 1.54) is 0 Å².